The van der Waals surface area contributed by atoms with E-state index in [1.54, 1.807) is 29.3 Å². The maximum atomic E-state index is 13.0. The van der Waals surface area contributed by atoms with Crippen molar-refractivity contribution in [1.29, 1.82) is 0 Å². The average molecular weight is 417 g/mol. The Labute approximate surface area is 178 Å². The van der Waals surface area contributed by atoms with Crippen LogP contribution in [0.15, 0.2) is 47.4 Å². The van der Waals surface area contributed by atoms with Crippen LogP contribution in [0.1, 0.15) is 34.6 Å². The van der Waals surface area contributed by atoms with Gasteiger partial charge in [-0.2, -0.15) is 5.10 Å². The molecule has 2 amide bonds. The first-order chi connectivity index (χ1) is 15.1. The van der Waals surface area contributed by atoms with E-state index in [0.29, 0.717) is 54.9 Å². The van der Waals surface area contributed by atoms with E-state index in [1.807, 2.05) is 23.1 Å². The molecule has 2 fully saturated rings. The summed E-state index contributed by atoms with van der Waals surface area (Å²) in [5.41, 5.74) is 1.76. The normalized spacial score (nSPS) is 16.5. The highest BCUT2D eigenvalue weighted by molar-refractivity contribution is 5.94. The van der Waals surface area contributed by atoms with E-state index in [1.165, 1.54) is 0 Å². The van der Waals surface area contributed by atoms with E-state index < -0.39 is 0 Å². The van der Waals surface area contributed by atoms with E-state index in [-0.39, 0.29) is 23.3 Å². The second-order valence-corrected chi connectivity index (χ2v) is 8.15. The molecule has 1 N–H and O–H groups in total. The Bertz CT molecular complexity index is 1210. The van der Waals surface area contributed by atoms with Crippen LogP contribution in [-0.4, -0.2) is 63.0 Å². The number of rotatable bonds is 4. The van der Waals surface area contributed by atoms with Gasteiger partial charge >= 0.3 is 0 Å². The number of hydrogen-bond acceptors (Lipinski definition) is 5. The van der Waals surface area contributed by atoms with Gasteiger partial charge in [-0.05, 0) is 31.0 Å². The number of fused-ring (bicyclic) bond motifs is 1. The van der Waals surface area contributed by atoms with Crippen LogP contribution in [0.2, 0.25) is 0 Å². The lowest BCUT2D eigenvalue weighted by atomic mass is 10.1. The van der Waals surface area contributed by atoms with Crippen molar-refractivity contribution >= 4 is 22.6 Å². The van der Waals surface area contributed by atoms with Crippen LogP contribution in [0.5, 0.6) is 0 Å². The second-order valence-electron chi connectivity index (χ2n) is 8.15. The lowest BCUT2D eigenvalue weighted by Crippen LogP contribution is -2.51. The van der Waals surface area contributed by atoms with Crippen molar-refractivity contribution < 1.29 is 9.59 Å². The third-order valence-electron chi connectivity index (χ3n) is 5.99. The predicted molar refractivity (Wildman–Crippen MR) is 115 cm³/mol. The molecule has 158 valence electrons. The molecule has 2 aliphatic rings. The van der Waals surface area contributed by atoms with Crippen LogP contribution >= 0.6 is 0 Å². The topological polar surface area (TPSA) is 99.3 Å². The van der Waals surface area contributed by atoms with Gasteiger partial charge in [0.05, 0.1) is 11.1 Å². The number of H-pyrrole nitrogens is 1. The van der Waals surface area contributed by atoms with Gasteiger partial charge in [0.1, 0.15) is 0 Å². The van der Waals surface area contributed by atoms with Gasteiger partial charge in [-0.3, -0.25) is 19.4 Å². The molecule has 0 atom stereocenters. The van der Waals surface area contributed by atoms with Crippen LogP contribution < -0.4 is 5.56 Å². The summed E-state index contributed by atoms with van der Waals surface area (Å²) in [6.07, 6.45) is 4.03. The Morgan fingerprint density at radius 1 is 1.00 bits per heavy atom. The zero-order chi connectivity index (χ0) is 21.4. The number of nitrogens with zero attached hydrogens (tertiary/aromatic N) is 4. The van der Waals surface area contributed by atoms with Crippen molar-refractivity contribution in [3.05, 3.63) is 69.9 Å². The molecule has 31 heavy (non-hydrogen) atoms. The minimum Gasteiger partial charge on any atom is -0.339 e. The molecular weight excluding hydrogens is 394 g/mol. The van der Waals surface area contributed by atoms with Gasteiger partial charge < -0.3 is 9.80 Å². The van der Waals surface area contributed by atoms with Crippen molar-refractivity contribution in [3.63, 3.8) is 0 Å². The molecule has 3 heterocycles. The predicted octanol–water partition coefficient (Wildman–Crippen LogP) is 1.60. The summed E-state index contributed by atoms with van der Waals surface area (Å²) >= 11 is 0. The van der Waals surface area contributed by atoms with Crippen molar-refractivity contribution in [2.45, 2.75) is 19.3 Å². The Morgan fingerprint density at radius 2 is 1.71 bits per heavy atom. The molecule has 1 aromatic carbocycles. The summed E-state index contributed by atoms with van der Waals surface area (Å²) in [6, 6.07) is 10.8. The average Bonchev–Trinajstić information content (AvgIpc) is 3.66. The molecular formula is C23H23N5O3. The number of aromatic nitrogens is 3. The zero-order valence-corrected chi connectivity index (χ0v) is 17.1. The first kappa shape index (κ1) is 19.4. The van der Waals surface area contributed by atoms with E-state index in [2.05, 4.69) is 15.2 Å². The summed E-state index contributed by atoms with van der Waals surface area (Å²) in [5.74, 6) is 0.392. The third-order valence-corrected chi connectivity index (χ3v) is 5.99. The van der Waals surface area contributed by atoms with Crippen molar-refractivity contribution in [3.8, 4) is 0 Å². The van der Waals surface area contributed by atoms with Gasteiger partial charge in [0, 0.05) is 61.4 Å². The smallest absolute Gasteiger partial charge is 0.272 e. The van der Waals surface area contributed by atoms with Crippen LogP contribution in [0.4, 0.5) is 0 Å². The van der Waals surface area contributed by atoms with Gasteiger partial charge in [-0.25, -0.2) is 5.10 Å². The number of piperazine rings is 1. The number of benzene rings is 1. The molecule has 5 rings (SSSR count). The number of nitrogens with one attached hydrogen (secondary N) is 1. The number of carbonyl (C=O) groups excluding carboxylic acids is 2. The molecule has 2 aromatic heterocycles. The molecule has 1 aliphatic heterocycles. The Balaban J connectivity index is 1.31. The molecule has 8 heteroatoms. The Morgan fingerprint density at radius 3 is 2.45 bits per heavy atom. The fourth-order valence-electron chi connectivity index (χ4n) is 4.09. The minimum atomic E-state index is -0.226. The van der Waals surface area contributed by atoms with Crippen LogP contribution in [0, 0.1) is 5.92 Å². The third kappa shape index (κ3) is 3.93. The molecule has 0 bridgehead atoms. The quantitative estimate of drug-likeness (QED) is 0.695. The van der Waals surface area contributed by atoms with E-state index in [4.69, 9.17) is 0 Å². The van der Waals surface area contributed by atoms with Gasteiger partial charge in [0.25, 0.3) is 11.5 Å². The summed E-state index contributed by atoms with van der Waals surface area (Å²) in [7, 11) is 0. The number of amides is 2. The van der Waals surface area contributed by atoms with Gasteiger partial charge in [0.15, 0.2) is 0 Å². The summed E-state index contributed by atoms with van der Waals surface area (Å²) in [5, 5.41) is 8.10. The van der Waals surface area contributed by atoms with Crippen LogP contribution in [0.25, 0.3) is 10.8 Å². The Hall–Kier alpha value is -3.55. The van der Waals surface area contributed by atoms with Gasteiger partial charge in [0.2, 0.25) is 5.91 Å². The maximum absolute atomic E-state index is 13.0. The highest BCUT2D eigenvalue weighted by atomic mass is 16.2. The van der Waals surface area contributed by atoms with Crippen molar-refractivity contribution in [2.24, 2.45) is 5.92 Å². The fourth-order valence-corrected chi connectivity index (χ4v) is 4.09. The number of hydrogen-bond donors (Lipinski definition) is 1. The summed E-state index contributed by atoms with van der Waals surface area (Å²) in [6.45, 7) is 2.26. The Kier molecular flexibility index (Phi) is 4.97. The summed E-state index contributed by atoms with van der Waals surface area (Å²) < 4.78 is 0. The largest absolute Gasteiger partial charge is 0.339 e. The molecule has 1 aliphatic carbocycles. The molecule has 1 saturated carbocycles. The standard InChI is InChI=1S/C23H23N5O3/c29-21-19-4-2-1-3-18(19)20(25-26-21)14-17-13-16(7-8-24-17)23(31)28-11-9-27(10-12-28)22(30)15-5-6-15/h1-4,7-8,13,15H,5-6,9-12,14H2,(H,26,29). The fraction of sp³-hybridized carbons (Fsp3) is 0.348. The molecule has 0 spiro atoms. The minimum absolute atomic E-state index is 0.0542. The van der Waals surface area contributed by atoms with Crippen LogP contribution in [0.3, 0.4) is 0 Å². The molecule has 3 aromatic rings. The van der Waals surface area contributed by atoms with Gasteiger partial charge in [-0.1, -0.05) is 18.2 Å². The summed E-state index contributed by atoms with van der Waals surface area (Å²) in [4.78, 5) is 45.3. The number of carbonyl (C=O) groups is 2. The highest BCUT2D eigenvalue weighted by Gasteiger charge is 2.35. The molecule has 0 radical (unpaired) electrons. The first-order valence-electron chi connectivity index (χ1n) is 10.6. The molecule has 8 nitrogen and oxygen atoms in total. The first-order valence-corrected chi connectivity index (χ1v) is 10.6. The second kappa shape index (κ2) is 7.94. The monoisotopic (exact) mass is 417 g/mol. The lowest BCUT2D eigenvalue weighted by molar-refractivity contribution is -0.134. The molecule has 1 saturated heterocycles. The van der Waals surface area contributed by atoms with Crippen molar-refractivity contribution in [2.75, 3.05) is 26.2 Å². The highest BCUT2D eigenvalue weighted by Crippen LogP contribution is 2.31. The van der Waals surface area contributed by atoms with Gasteiger partial charge in [-0.15, -0.1) is 0 Å². The molecule has 0 unspecified atom stereocenters. The van der Waals surface area contributed by atoms with E-state index in [9.17, 15) is 14.4 Å². The lowest BCUT2D eigenvalue weighted by Gasteiger charge is -2.35. The number of aromatic amines is 1. The van der Waals surface area contributed by atoms with Crippen molar-refractivity contribution in [1.82, 2.24) is 25.0 Å². The maximum Gasteiger partial charge on any atom is 0.272 e. The zero-order valence-electron chi connectivity index (χ0n) is 17.1. The van der Waals surface area contributed by atoms with Crippen LogP contribution in [-0.2, 0) is 11.2 Å². The van der Waals surface area contributed by atoms with E-state index in [0.717, 1.165) is 18.2 Å². The SMILES string of the molecule is O=C(c1ccnc(Cc2n[nH]c(=O)c3ccccc23)c1)N1CCN(C(=O)C2CC2)CC1. The van der Waals surface area contributed by atoms with E-state index >= 15 is 0 Å². The number of pyridine rings is 1.